The number of allylic oxidation sites excluding steroid dienone is 2. The first kappa shape index (κ1) is 9.91. The molecule has 0 saturated carbocycles. The maximum Gasteiger partial charge on any atom is 0.190 e. The van der Waals surface area contributed by atoms with Gasteiger partial charge >= 0.3 is 0 Å². The quantitative estimate of drug-likeness (QED) is 0.656. The van der Waals surface area contributed by atoms with Crippen molar-refractivity contribution >= 4 is 21.5 Å². The second-order valence-corrected chi connectivity index (χ2v) is 4.84. The van der Waals surface area contributed by atoms with Crippen LogP contribution >= 0.6 is 15.9 Å². The average Bonchev–Trinajstić information content (AvgIpc) is 2.18. The maximum atomic E-state index is 14.1. The van der Waals surface area contributed by atoms with E-state index in [1.807, 2.05) is 36.4 Å². The standard InChI is InChI=1S/C12H12BrF/c13-12(14)9-5-4-8-11(12)10-6-2-1-3-7-10/h1-3,6-8H,4-5,9H2. The van der Waals surface area contributed by atoms with Gasteiger partial charge in [-0.2, -0.15) is 0 Å². The van der Waals surface area contributed by atoms with E-state index in [0.29, 0.717) is 6.42 Å². The number of hydrogen-bond donors (Lipinski definition) is 0. The molecule has 0 aliphatic heterocycles. The molecule has 2 rings (SSSR count). The third kappa shape index (κ3) is 1.90. The SMILES string of the molecule is FC1(Br)CCCC=C1c1ccccc1. The van der Waals surface area contributed by atoms with Crippen LogP contribution < -0.4 is 0 Å². The second kappa shape index (κ2) is 3.85. The number of rotatable bonds is 1. The molecule has 0 fully saturated rings. The van der Waals surface area contributed by atoms with E-state index in [0.717, 1.165) is 24.0 Å². The van der Waals surface area contributed by atoms with Crippen molar-refractivity contribution in [3.05, 3.63) is 42.0 Å². The average molecular weight is 255 g/mol. The predicted octanol–water partition coefficient (Wildman–Crippen LogP) is 4.31. The van der Waals surface area contributed by atoms with Crippen molar-refractivity contribution < 1.29 is 4.39 Å². The molecule has 14 heavy (non-hydrogen) atoms. The molecule has 1 unspecified atom stereocenters. The smallest absolute Gasteiger partial charge is 0.190 e. The van der Waals surface area contributed by atoms with Crippen LogP contribution in [0, 0.1) is 0 Å². The van der Waals surface area contributed by atoms with Crippen molar-refractivity contribution in [2.75, 3.05) is 0 Å². The Balaban J connectivity index is 2.38. The largest absolute Gasteiger partial charge is 0.226 e. The van der Waals surface area contributed by atoms with Gasteiger partial charge in [0.15, 0.2) is 4.58 Å². The van der Waals surface area contributed by atoms with Gasteiger partial charge in [-0.1, -0.05) is 36.4 Å². The van der Waals surface area contributed by atoms with Gasteiger partial charge in [-0.05, 0) is 40.8 Å². The molecule has 0 saturated heterocycles. The fourth-order valence-electron chi connectivity index (χ4n) is 1.80. The molecule has 1 aliphatic carbocycles. The molecule has 1 aliphatic rings. The molecule has 0 radical (unpaired) electrons. The van der Waals surface area contributed by atoms with Gasteiger partial charge in [0.2, 0.25) is 0 Å². The Bertz CT molecular complexity index is 341. The van der Waals surface area contributed by atoms with Crippen molar-refractivity contribution in [3.8, 4) is 0 Å². The Kier molecular flexibility index (Phi) is 2.73. The van der Waals surface area contributed by atoms with Crippen LogP contribution in [0.4, 0.5) is 4.39 Å². The Labute approximate surface area is 92.0 Å². The van der Waals surface area contributed by atoms with Crippen LogP contribution in [0.1, 0.15) is 24.8 Å². The van der Waals surface area contributed by atoms with Crippen molar-refractivity contribution in [1.82, 2.24) is 0 Å². The van der Waals surface area contributed by atoms with Gasteiger partial charge in [-0.3, -0.25) is 0 Å². The van der Waals surface area contributed by atoms with Crippen LogP contribution in [0.15, 0.2) is 36.4 Å². The van der Waals surface area contributed by atoms with E-state index < -0.39 is 4.58 Å². The van der Waals surface area contributed by atoms with E-state index in [1.165, 1.54) is 0 Å². The summed E-state index contributed by atoms with van der Waals surface area (Å²) in [5, 5.41) is 0. The van der Waals surface area contributed by atoms with Crippen molar-refractivity contribution in [2.24, 2.45) is 0 Å². The summed E-state index contributed by atoms with van der Waals surface area (Å²) < 4.78 is 12.7. The van der Waals surface area contributed by atoms with Gasteiger partial charge in [0.1, 0.15) is 0 Å². The molecule has 0 aromatic heterocycles. The third-order valence-electron chi connectivity index (χ3n) is 2.52. The highest BCUT2D eigenvalue weighted by molar-refractivity contribution is 9.10. The first-order valence-corrected chi connectivity index (χ1v) is 5.63. The Morgan fingerprint density at radius 1 is 1.21 bits per heavy atom. The summed E-state index contributed by atoms with van der Waals surface area (Å²) >= 11 is 3.16. The number of benzene rings is 1. The molecule has 2 heteroatoms. The molecule has 0 amide bonds. The first-order chi connectivity index (χ1) is 6.70. The molecule has 1 aromatic rings. The lowest BCUT2D eigenvalue weighted by molar-refractivity contribution is 0.342. The second-order valence-electron chi connectivity index (χ2n) is 3.58. The van der Waals surface area contributed by atoms with E-state index in [4.69, 9.17) is 0 Å². The summed E-state index contributed by atoms with van der Waals surface area (Å²) in [5.41, 5.74) is 1.76. The van der Waals surface area contributed by atoms with Gasteiger partial charge in [-0.15, -0.1) is 0 Å². The van der Waals surface area contributed by atoms with Crippen molar-refractivity contribution in [2.45, 2.75) is 23.8 Å². The van der Waals surface area contributed by atoms with Crippen molar-refractivity contribution in [3.63, 3.8) is 0 Å². The highest BCUT2D eigenvalue weighted by atomic mass is 79.9. The lowest BCUT2D eigenvalue weighted by Gasteiger charge is -2.26. The van der Waals surface area contributed by atoms with E-state index in [1.54, 1.807) is 0 Å². The van der Waals surface area contributed by atoms with Crippen LogP contribution in [-0.2, 0) is 0 Å². The Morgan fingerprint density at radius 2 is 1.93 bits per heavy atom. The molecule has 0 bridgehead atoms. The first-order valence-electron chi connectivity index (χ1n) is 4.84. The Morgan fingerprint density at radius 3 is 2.57 bits per heavy atom. The van der Waals surface area contributed by atoms with Gasteiger partial charge in [0.25, 0.3) is 0 Å². The molecule has 74 valence electrons. The van der Waals surface area contributed by atoms with E-state index in [-0.39, 0.29) is 0 Å². The molecular formula is C12H12BrF. The van der Waals surface area contributed by atoms with Crippen LogP contribution in [0.3, 0.4) is 0 Å². The molecule has 0 heterocycles. The highest BCUT2D eigenvalue weighted by Gasteiger charge is 2.33. The lowest BCUT2D eigenvalue weighted by atomic mass is 9.92. The highest BCUT2D eigenvalue weighted by Crippen LogP contribution is 2.43. The fourth-order valence-corrected chi connectivity index (χ4v) is 2.47. The van der Waals surface area contributed by atoms with Crippen LogP contribution in [0.5, 0.6) is 0 Å². The van der Waals surface area contributed by atoms with Gasteiger partial charge in [0.05, 0.1) is 0 Å². The molecule has 1 aromatic carbocycles. The zero-order valence-corrected chi connectivity index (χ0v) is 9.43. The number of alkyl halides is 2. The fraction of sp³-hybridized carbons (Fsp3) is 0.333. The van der Waals surface area contributed by atoms with Crippen molar-refractivity contribution in [1.29, 1.82) is 0 Å². The summed E-state index contributed by atoms with van der Waals surface area (Å²) in [6.45, 7) is 0. The topological polar surface area (TPSA) is 0 Å². The van der Waals surface area contributed by atoms with Gasteiger partial charge in [-0.25, -0.2) is 4.39 Å². The minimum atomic E-state index is -1.33. The molecule has 1 atom stereocenters. The summed E-state index contributed by atoms with van der Waals surface area (Å²) in [5.74, 6) is 0. The van der Waals surface area contributed by atoms with E-state index in [2.05, 4.69) is 15.9 Å². The lowest BCUT2D eigenvalue weighted by Crippen LogP contribution is -2.18. The predicted molar refractivity (Wildman–Crippen MR) is 61.0 cm³/mol. The monoisotopic (exact) mass is 254 g/mol. The minimum absolute atomic E-state index is 0.563. The minimum Gasteiger partial charge on any atom is -0.226 e. The molecular weight excluding hydrogens is 243 g/mol. The molecule has 0 nitrogen and oxygen atoms in total. The summed E-state index contributed by atoms with van der Waals surface area (Å²) in [6, 6.07) is 9.72. The Hall–Kier alpha value is -0.630. The van der Waals surface area contributed by atoms with Crippen LogP contribution in [-0.4, -0.2) is 4.58 Å². The van der Waals surface area contributed by atoms with Gasteiger partial charge < -0.3 is 0 Å². The zero-order chi connectivity index (χ0) is 10.0. The number of halogens is 2. The maximum absolute atomic E-state index is 14.1. The molecule has 0 N–H and O–H groups in total. The van der Waals surface area contributed by atoms with E-state index >= 15 is 0 Å². The van der Waals surface area contributed by atoms with Gasteiger partial charge in [0, 0.05) is 5.57 Å². The molecule has 0 spiro atoms. The van der Waals surface area contributed by atoms with Crippen LogP contribution in [0.25, 0.3) is 5.57 Å². The van der Waals surface area contributed by atoms with Crippen LogP contribution in [0.2, 0.25) is 0 Å². The summed E-state index contributed by atoms with van der Waals surface area (Å²) in [6.07, 6.45) is 4.45. The van der Waals surface area contributed by atoms with E-state index in [9.17, 15) is 4.39 Å². The summed E-state index contributed by atoms with van der Waals surface area (Å²) in [7, 11) is 0. The number of hydrogen-bond acceptors (Lipinski definition) is 0. The normalized spacial score (nSPS) is 27.1. The zero-order valence-electron chi connectivity index (χ0n) is 7.84. The third-order valence-corrected chi connectivity index (χ3v) is 3.35. The summed E-state index contributed by atoms with van der Waals surface area (Å²) in [4.78, 5) is 0.